The first-order chi connectivity index (χ1) is 21.5. The van der Waals surface area contributed by atoms with Crippen LogP contribution in [0.2, 0.25) is 0 Å². The minimum Gasteiger partial charge on any atom is -0.378 e. The molecule has 0 amide bonds. The molecule has 0 radical (unpaired) electrons. The van der Waals surface area contributed by atoms with Gasteiger partial charge in [0.15, 0.2) is 0 Å². The van der Waals surface area contributed by atoms with Crippen LogP contribution in [0.5, 0.6) is 0 Å². The Morgan fingerprint density at radius 1 is 1.02 bits per heavy atom. The van der Waals surface area contributed by atoms with Crippen LogP contribution in [0.15, 0.2) is 89.6 Å². The van der Waals surface area contributed by atoms with Crippen LogP contribution >= 0.6 is 11.3 Å². The van der Waals surface area contributed by atoms with E-state index in [-0.39, 0.29) is 11.6 Å². The summed E-state index contributed by atoms with van der Waals surface area (Å²) in [5.41, 5.74) is 5.55. The van der Waals surface area contributed by atoms with E-state index < -0.39 is 0 Å². The molecule has 1 fully saturated rings. The number of hydrogen-bond acceptors (Lipinski definition) is 9. The van der Waals surface area contributed by atoms with E-state index in [1.807, 2.05) is 41.1 Å². The second-order valence-corrected chi connectivity index (χ2v) is 12.6. The number of fused-ring (bicyclic) bond motifs is 1. The first-order valence-corrected chi connectivity index (χ1v) is 16.0. The first-order valence-electron chi connectivity index (χ1n) is 15.1. The van der Waals surface area contributed by atoms with Crippen molar-refractivity contribution >= 4 is 39.7 Å². The van der Waals surface area contributed by atoms with Crippen LogP contribution in [0, 0.1) is 0 Å². The van der Waals surface area contributed by atoms with Crippen molar-refractivity contribution in [2.75, 3.05) is 37.8 Å². The zero-order valence-corrected chi connectivity index (χ0v) is 25.8. The first kappa shape index (κ1) is 28.2. The zero-order valence-electron chi connectivity index (χ0n) is 25.0. The highest BCUT2D eigenvalue weighted by Gasteiger charge is 2.26. The van der Waals surface area contributed by atoms with Crippen molar-refractivity contribution in [3.8, 4) is 10.4 Å². The summed E-state index contributed by atoms with van der Waals surface area (Å²) in [4.78, 5) is 33.7. The van der Waals surface area contributed by atoms with E-state index in [0.29, 0.717) is 24.2 Å². The minimum absolute atomic E-state index is 0.00909. The molecular formula is C34H36N8OS. The third-order valence-electron chi connectivity index (χ3n) is 8.55. The summed E-state index contributed by atoms with van der Waals surface area (Å²) in [6.45, 7) is 2.35. The molecule has 9 nitrogen and oxygen atoms in total. The van der Waals surface area contributed by atoms with Gasteiger partial charge in [-0.25, -0.2) is 4.98 Å². The van der Waals surface area contributed by atoms with E-state index >= 15 is 0 Å². The lowest BCUT2D eigenvalue weighted by molar-refractivity contribution is 0.186. The van der Waals surface area contributed by atoms with Crippen molar-refractivity contribution in [3.63, 3.8) is 0 Å². The largest absolute Gasteiger partial charge is 0.378 e. The molecule has 7 rings (SSSR count). The number of hydrogen-bond donors (Lipinski definition) is 2. The molecular weight excluding hydrogens is 568 g/mol. The van der Waals surface area contributed by atoms with Gasteiger partial charge in [0, 0.05) is 65.4 Å². The highest BCUT2D eigenvalue weighted by molar-refractivity contribution is 7.13. The molecule has 5 aromatic rings. The molecule has 6 heterocycles. The van der Waals surface area contributed by atoms with Crippen molar-refractivity contribution in [1.82, 2.24) is 29.3 Å². The number of anilines is 3. The topological polar surface area (TPSA) is 91.2 Å². The molecule has 2 N–H and O–H groups in total. The molecule has 1 saturated heterocycles. The molecule has 0 saturated carbocycles. The van der Waals surface area contributed by atoms with E-state index in [0.717, 1.165) is 70.7 Å². The van der Waals surface area contributed by atoms with E-state index in [1.165, 1.54) is 0 Å². The highest BCUT2D eigenvalue weighted by atomic mass is 32.1. The van der Waals surface area contributed by atoms with Crippen LogP contribution in [-0.4, -0.2) is 62.5 Å². The highest BCUT2D eigenvalue weighted by Crippen LogP contribution is 2.32. The average molecular weight is 605 g/mol. The number of benzene rings is 1. The quantitative estimate of drug-likeness (QED) is 0.220. The molecule has 0 aliphatic carbocycles. The molecule has 10 heteroatoms. The maximum Gasteiger partial charge on any atom is 0.257 e. The number of aromatic nitrogens is 4. The Morgan fingerprint density at radius 3 is 2.61 bits per heavy atom. The van der Waals surface area contributed by atoms with Crippen molar-refractivity contribution in [3.05, 3.63) is 106 Å². The molecule has 2 aliphatic rings. The molecule has 1 aromatic carbocycles. The Labute approximate surface area is 260 Å². The number of piperidine rings is 1. The van der Waals surface area contributed by atoms with E-state index in [2.05, 4.69) is 80.4 Å². The zero-order chi connectivity index (χ0) is 30.0. The Hall–Kier alpha value is -4.54. The Bertz CT molecular complexity index is 1850. The standard InChI is InChI=1S/C34H36N8OS/c1-40-17-12-28(22-40)37-26-6-8-27(9-7-26)38-34-36-20-25-19-29(30-5-3-4-16-41(30)2)33(43)42(32(25)39-34)21-24-13-18-44-31(24)23-10-14-35-15-11-23/h6-15,17-20,28,30,37H,3-5,16,21-22H2,1-2H3,(H,36,38,39). The summed E-state index contributed by atoms with van der Waals surface area (Å²) in [6, 6.07) is 16.6. The van der Waals surface area contributed by atoms with Crippen molar-refractivity contribution in [2.24, 2.45) is 0 Å². The third-order valence-corrected chi connectivity index (χ3v) is 9.56. The Morgan fingerprint density at radius 2 is 1.84 bits per heavy atom. The van der Waals surface area contributed by atoms with E-state index in [9.17, 15) is 4.79 Å². The van der Waals surface area contributed by atoms with Gasteiger partial charge < -0.3 is 15.5 Å². The van der Waals surface area contributed by atoms with Gasteiger partial charge in [-0.3, -0.25) is 19.2 Å². The summed E-state index contributed by atoms with van der Waals surface area (Å²) in [7, 11) is 4.19. The van der Waals surface area contributed by atoms with Crippen LogP contribution < -0.4 is 16.2 Å². The van der Waals surface area contributed by atoms with E-state index in [1.54, 1.807) is 23.7 Å². The summed E-state index contributed by atoms with van der Waals surface area (Å²) >= 11 is 1.67. The Balaban J connectivity index is 1.23. The van der Waals surface area contributed by atoms with Crippen LogP contribution in [-0.2, 0) is 6.54 Å². The predicted molar refractivity (Wildman–Crippen MR) is 179 cm³/mol. The van der Waals surface area contributed by atoms with Gasteiger partial charge in [0.2, 0.25) is 5.95 Å². The minimum atomic E-state index is 0.00909. The van der Waals surface area contributed by atoms with Gasteiger partial charge in [-0.15, -0.1) is 11.3 Å². The number of rotatable bonds is 8. The van der Waals surface area contributed by atoms with Crippen LogP contribution in [0.3, 0.4) is 0 Å². The lowest BCUT2D eigenvalue weighted by Crippen LogP contribution is -2.35. The smallest absolute Gasteiger partial charge is 0.257 e. The lowest BCUT2D eigenvalue weighted by atomic mass is 9.96. The van der Waals surface area contributed by atoms with Gasteiger partial charge in [0.1, 0.15) is 5.65 Å². The monoisotopic (exact) mass is 604 g/mol. The van der Waals surface area contributed by atoms with Crippen LogP contribution in [0.1, 0.15) is 36.4 Å². The third kappa shape index (κ3) is 5.82. The summed E-state index contributed by atoms with van der Waals surface area (Å²) < 4.78 is 1.84. The number of thiophene rings is 1. The summed E-state index contributed by atoms with van der Waals surface area (Å²) in [5, 5.41) is 9.83. The van der Waals surface area contributed by atoms with Crippen molar-refractivity contribution in [2.45, 2.75) is 37.9 Å². The molecule has 2 unspecified atom stereocenters. The van der Waals surface area contributed by atoms with Gasteiger partial charge >= 0.3 is 0 Å². The van der Waals surface area contributed by atoms with Gasteiger partial charge in [-0.1, -0.05) is 6.42 Å². The second-order valence-electron chi connectivity index (χ2n) is 11.7. The van der Waals surface area contributed by atoms with Crippen molar-refractivity contribution < 1.29 is 0 Å². The van der Waals surface area contributed by atoms with Gasteiger partial charge in [0.05, 0.1) is 12.6 Å². The fraction of sp³-hybridized carbons (Fsp3) is 0.294. The molecule has 0 spiro atoms. The number of likely N-dealkylation sites (N-methyl/N-ethyl adjacent to an activating group) is 1. The van der Waals surface area contributed by atoms with Crippen molar-refractivity contribution in [1.29, 1.82) is 0 Å². The number of nitrogens with zero attached hydrogens (tertiary/aromatic N) is 6. The van der Waals surface area contributed by atoms with Gasteiger partial charge in [0.25, 0.3) is 5.56 Å². The fourth-order valence-corrected chi connectivity index (χ4v) is 7.18. The number of nitrogens with one attached hydrogen (secondary N) is 2. The molecule has 2 aliphatic heterocycles. The van der Waals surface area contributed by atoms with Crippen LogP contribution in [0.25, 0.3) is 21.5 Å². The SMILES string of the molecule is CN1C=CC(Nc2ccc(Nc3ncc4cc(C5CCCCN5C)c(=O)n(Cc5ccsc5-c5ccncc5)c4n3)cc2)C1. The average Bonchev–Trinajstić information content (AvgIpc) is 3.69. The van der Waals surface area contributed by atoms with Gasteiger partial charge in [-0.05, 0) is 104 Å². The number of pyridine rings is 2. The molecule has 0 bridgehead atoms. The summed E-state index contributed by atoms with van der Waals surface area (Å²) in [6.07, 6.45) is 13.0. The maximum atomic E-state index is 14.3. The van der Waals surface area contributed by atoms with Gasteiger partial charge in [-0.2, -0.15) is 4.98 Å². The fourth-order valence-electron chi connectivity index (χ4n) is 6.25. The molecule has 224 valence electrons. The maximum absolute atomic E-state index is 14.3. The Kier molecular flexibility index (Phi) is 7.84. The lowest BCUT2D eigenvalue weighted by Gasteiger charge is -2.32. The number of likely N-dealkylation sites (tertiary alicyclic amines) is 1. The van der Waals surface area contributed by atoms with Crippen LogP contribution in [0.4, 0.5) is 17.3 Å². The molecule has 2 atom stereocenters. The summed E-state index contributed by atoms with van der Waals surface area (Å²) in [5.74, 6) is 0.453. The molecule has 4 aromatic heterocycles. The second kappa shape index (κ2) is 12.2. The normalized spacial score (nSPS) is 18.6. The predicted octanol–water partition coefficient (Wildman–Crippen LogP) is 6.10. The van der Waals surface area contributed by atoms with E-state index in [4.69, 9.17) is 4.98 Å². The molecule has 44 heavy (non-hydrogen) atoms.